The van der Waals surface area contributed by atoms with Crippen LogP contribution in [0.3, 0.4) is 0 Å². The first kappa shape index (κ1) is 22.3. The number of carbonyl (C=O) groups excluding carboxylic acids is 1. The zero-order valence-electron chi connectivity index (χ0n) is 18.1. The molecule has 154 valence electrons. The lowest BCUT2D eigenvalue weighted by atomic mass is 9.77. The van der Waals surface area contributed by atoms with Gasteiger partial charge in [-0.25, -0.2) is 4.79 Å². The Balaban J connectivity index is 2.13. The number of carbonyl (C=O) groups is 1. The van der Waals surface area contributed by atoms with E-state index in [1.165, 1.54) is 0 Å². The maximum Gasteiger partial charge on any atom is 0.335 e. The highest BCUT2D eigenvalue weighted by molar-refractivity contribution is 9.10. The Morgan fingerprint density at radius 2 is 1.66 bits per heavy atom. The molecule has 1 atom stereocenters. The van der Waals surface area contributed by atoms with E-state index in [-0.39, 0.29) is 5.97 Å². The zero-order chi connectivity index (χ0) is 21.6. The number of ether oxygens (including phenoxy) is 1. The molecule has 3 rings (SSSR count). The van der Waals surface area contributed by atoms with Crippen LogP contribution in [0.1, 0.15) is 24.8 Å². The van der Waals surface area contributed by atoms with E-state index in [1.807, 2.05) is 24.3 Å². The standard InChI is InChI=1S/C23H29BrO3Si2/c1-28(2,3)13-7-12-23(26)14-18(16-8-10-17(24)11-9-16)20-19(15-23)21(22(25)27-20)29(4,5)6/h8-11,26H,12,14-15H2,1-6H3/t23-/m0/s1. The summed E-state index contributed by atoms with van der Waals surface area (Å²) >= 11 is 3.48. The van der Waals surface area contributed by atoms with Crippen LogP contribution in [0.4, 0.5) is 0 Å². The van der Waals surface area contributed by atoms with Crippen LogP contribution in [0.15, 0.2) is 45.3 Å². The molecule has 2 aliphatic rings. The van der Waals surface area contributed by atoms with Crippen molar-refractivity contribution in [1.29, 1.82) is 0 Å². The minimum absolute atomic E-state index is 0.235. The van der Waals surface area contributed by atoms with Crippen molar-refractivity contribution in [3.63, 3.8) is 0 Å². The number of esters is 1. The average molecular weight is 490 g/mol. The van der Waals surface area contributed by atoms with Crippen molar-refractivity contribution in [1.82, 2.24) is 0 Å². The monoisotopic (exact) mass is 488 g/mol. The second-order valence-electron chi connectivity index (χ2n) is 10.1. The molecular weight excluding hydrogens is 460 g/mol. The SMILES string of the molecule is C[Si](C)(C)C#CC[C@@]1(O)CC2=C([Si](C)(C)C)C(=O)OC2=C(c2ccc(Br)cc2)C1. The van der Waals surface area contributed by atoms with E-state index in [0.29, 0.717) is 25.0 Å². The third-order valence-corrected chi connectivity index (χ3v) is 8.55. The van der Waals surface area contributed by atoms with E-state index in [1.54, 1.807) is 0 Å². The normalized spacial score (nSPS) is 22.3. The molecule has 0 saturated heterocycles. The van der Waals surface area contributed by atoms with Crippen molar-refractivity contribution >= 4 is 43.6 Å². The first-order valence-electron chi connectivity index (χ1n) is 9.97. The van der Waals surface area contributed by atoms with Gasteiger partial charge in [0.05, 0.1) is 13.7 Å². The van der Waals surface area contributed by atoms with Gasteiger partial charge in [-0.1, -0.05) is 67.3 Å². The van der Waals surface area contributed by atoms with Gasteiger partial charge in [0.25, 0.3) is 0 Å². The van der Waals surface area contributed by atoms with Gasteiger partial charge in [-0.2, -0.15) is 0 Å². The highest BCUT2D eigenvalue weighted by Crippen LogP contribution is 2.48. The molecule has 0 radical (unpaired) electrons. The quantitative estimate of drug-likeness (QED) is 0.337. The number of hydrogen-bond donors (Lipinski definition) is 1. The fourth-order valence-electron chi connectivity index (χ4n) is 3.90. The van der Waals surface area contributed by atoms with Crippen LogP contribution in [0, 0.1) is 11.5 Å². The molecule has 1 aromatic carbocycles. The average Bonchev–Trinajstić information content (AvgIpc) is 2.89. The molecule has 1 aliphatic carbocycles. The topological polar surface area (TPSA) is 46.5 Å². The number of benzene rings is 1. The fourth-order valence-corrected chi connectivity index (χ4v) is 6.55. The maximum absolute atomic E-state index is 12.8. The van der Waals surface area contributed by atoms with Crippen molar-refractivity contribution < 1.29 is 14.6 Å². The third-order valence-electron chi connectivity index (χ3n) is 5.08. The summed E-state index contributed by atoms with van der Waals surface area (Å²) in [4.78, 5) is 12.8. The van der Waals surface area contributed by atoms with Crippen LogP contribution in [0.2, 0.25) is 39.3 Å². The molecule has 1 N–H and O–H groups in total. The van der Waals surface area contributed by atoms with E-state index >= 15 is 0 Å². The van der Waals surface area contributed by atoms with Crippen LogP contribution in [0.5, 0.6) is 0 Å². The molecule has 29 heavy (non-hydrogen) atoms. The maximum atomic E-state index is 12.8. The van der Waals surface area contributed by atoms with Gasteiger partial charge in [-0.3, -0.25) is 0 Å². The highest BCUT2D eigenvalue weighted by Gasteiger charge is 2.46. The summed E-state index contributed by atoms with van der Waals surface area (Å²) in [5, 5.41) is 12.4. The van der Waals surface area contributed by atoms with E-state index in [9.17, 15) is 9.90 Å². The second-order valence-corrected chi connectivity index (χ2v) is 20.8. The van der Waals surface area contributed by atoms with Crippen LogP contribution < -0.4 is 0 Å². The minimum Gasteiger partial charge on any atom is -0.423 e. The summed E-state index contributed by atoms with van der Waals surface area (Å²) in [6.07, 6.45) is 1.26. The summed E-state index contributed by atoms with van der Waals surface area (Å²) in [6, 6.07) is 7.95. The number of halogens is 1. The van der Waals surface area contributed by atoms with Crippen molar-refractivity contribution in [2.75, 3.05) is 0 Å². The molecule has 1 aromatic rings. The van der Waals surface area contributed by atoms with Crippen molar-refractivity contribution in [2.45, 2.75) is 64.1 Å². The molecular formula is C23H29BrO3Si2. The summed E-state index contributed by atoms with van der Waals surface area (Å²) in [5.41, 5.74) is 5.15. The lowest BCUT2D eigenvalue weighted by Crippen LogP contribution is -2.35. The van der Waals surface area contributed by atoms with Crippen LogP contribution in [-0.2, 0) is 9.53 Å². The second kappa shape index (κ2) is 7.70. The molecule has 0 amide bonds. The third kappa shape index (κ3) is 5.03. The first-order valence-corrected chi connectivity index (χ1v) is 17.8. The van der Waals surface area contributed by atoms with Crippen LogP contribution >= 0.6 is 15.9 Å². The van der Waals surface area contributed by atoms with E-state index in [2.05, 4.69) is 66.7 Å². The predicted molar refractivity (Wildman–Crippen MR) is 127 cm³/mol. The Morgan fingerprint density at radius 1 is 1.07 bits per heavy atom. The minimum atomic E-state index is -1.94. The number of aliphatic hydroxyl groups is 1. The number of hydrogen-bond acceptors (Lipinski definition) is 3. The van der Waals surface area contributed by atoms with Gasteiger partial charge in [-0.05, 0) is 17.7 Å². The molecule has 6 heteroatoms. The molecule has 0 aromatic heterocycles. The van der Waals surface area contributed by atoms with Crippen molar-refractivity contribution in [3.8, 4) is 11.5 Å². The fraction of sp³-hybridized carbons (Fsp3) is 0.435. The Morgan fingerprint density at radius 3 is 2.21 bits per heavy atom. The van der Waals surface area contributed by atoms with Gasteiger partial charge in [-0.15, -0.1) is 11.5 Å². The van der Waals surface area contributed by atoms with Gasteiger partial charge in [0.2, 0.25) is 0 Å². The molecule has 0 fully saturated rings. The summed E-state index contributed by atoms with van der Waals surface area (Å²) < 4.78 is 6.79. The Kier molecular flexibility index (Phi) is 5.92. The Labute approximate surface area is 184 Å². The highest BCUT2D eigenvalue weighted by atomic mass is 79.9. The largest absolute Gasteiger partial charge is 0.423 e. The summed E-state index contributed by atoms with van der Waals surface area (Å²) in [6.45, 7) is 13.1. The van der Waals surface area contributed by atoms with Crippen molar-refractivity contribution in [2.24, 2.45) is 0 Å². The molecule has 3 nitrogen and oxygen atoms in total. The first-order chi connectivity index (χ1) is 13.3. The van der Waals surface area contributed by atoms with Crippen molar-refractivity contribution in [3.05, 3.63) is 50.8 Å². The van der Waals surface area contributed by atoms with Gasteiger partial charge in [0.15, 0.2) is 0 Å². The summed E-state index contributed by atoms with van der Waals surface area (Å²) in [7, 11) is -3.45. The lowest BCUT2D eigenvalue weighted by Gasteiger charge is -2.34. The smallest absolute Gasteiger partial charge is 0.335 e. The van der Waals surface area contributed by atoms with Crippen LogP contribution in [-0.4, -0.2) is 32.8 Å². The zero-order valence-corrected chi connectivity index (χ0v) is 21.7. The van der Waals surface area contributed by atoms with Crippen LogP contribution in [0.25, 0.3) is 5.57 Å². The van der Waals surface area contributed by atoms with E-state index in [0.717, 1.165) is 26.4 Å². The Bertz CT molecular complexity index is 967. The lowest BCUT2D eigenvalue weighted by molar-refractivity contribution is -0.132. The predicted octanol–water partition coefficient (Wildman–Crippen LogP) is 5.69. The van der Waals surface area contributed by atoms with Gasteiger partial charge < -0.3 is 9.84 Å². The van der Waals surface area contributed by atoms with E-state index < -0.39 is 21.7 Å². The number of rotatable bonds is 3. The molecule has 0 spiro atoms. The molecule has 1 aliphatic heterocycles. The number of fused-ring (bicyclic) bond motifs is 1. The Hall–Kier alpha value is -1.40. The molecule has 0 unspecified atom stereocenters. The van der Waals surface area contributed by atoms with E-state index in [4.69, 9.17) is 4.74 Å². The molecule has 1 heterocycles. The molecule has 0 saturated carbocycles. The summed E-state index contributed by atoms with van der Waals surface area (Å²) in [5.74, 6) is 3.69. The molecule has 0 bridgehead atoms. The van der Waals surface area contributed by atoms with Gasteiger partial charge in [0, 0.05) is 40.1 Å². The number of allylic oxidation sites excluding steroid dienone is 1. The van der Waals surface area contributed by atoms with Gasteiger partial charge >= 0.3 is 5.97 Å². The van der Waals surface area contributed by atoms with Gasteiger partial charge in [0.1, 0.15) is 13.8 Å².